The molecule has 2 heterocycles. The summed E-state index contributed by atoms with van der Waals surface area (Å²) in [6.07, 6.45) is 0.740. The Balaban J connectivity index is 2.12. The zero-order valence-corrected chi connectivity index (χ0v) is 10.0. The van der Waals surface area contributed by atoms with Crippen LogP contribution < -0.4 is 5.73 Å². The van der Waals surface area contributed by atoms with E-state index in [9.17, 15) is 5.11 Å². The second kappa shape index (κ2) is 4.75. The Morgan fingerprint density at radius 1 is 1.26 bits per heavy atom. The predicted molar refractivity (Wildman–Crippen MR) is 69.0 cm³/mol. The Kier molecular flexibility index (Phi) is 2.94. The summed E-state index contributed by atoms with van der Waals surface area (Å²) in [5, 5.41) is 15.4. The third-order valence-corrected chi connectivity index (χ3v) is 2.84. The van der Waals surface area contributed by atoms with Gasteiger partial charge in [0.05, 0.1) is 0 Å². The van der Waals surface area contributed by atoms with E-state index in [0.717, 1.165) is 10.8 Å². The number of fused-ring (bicyclic) bond motifs is 1. The van der Waals surface area contributed by atoms with Gasteiger partial charge in [0, 0.05) is 18.1 Å². The average molecular weight is 256 g/mol. The van der Waals surface area contributed by atoms with Crippen LogP contribution in [0.15, 0.2) is 41.1 Å². The maximum atomic E-state index is 9.56. The summed E-state index contributed by atoms with van der Waals surface area (Å²) >= 11 is 0. The fourth-order valence-corrected chi connectivity index (χ4v) is 1.87. The molecular formula is C13H12N4O2. The van der Waals surface area contributed by atoms with Crippen molar-refractivity contribution in [3.8, 4) is 11.5 Å². The van der Waals surface area contributed by atoms with Crippen LogP contribution in [0.2, 0.25) is 0 Å². The van der Waals surface area contributed by atoms with Crippen molar-refractivity contribution in [1.82, 2.24) is 15.1 Å². The summed E-state index contributed by atoms with van der Waals surface area (Å²) in [6.45, 7) is 0.0323. The van der Waals surface area contributed by atoms with Crippen LogP contribution in [0.3, 0.4) is 0 Å². The van der Waals surface area contributed by atoms with Crippen molar-refractivity contribution < 1.29 is 9.63 Å². The Hall–Kier alpha value is -2.31. The third-order valence-electron chi connectivity index (χ3n) is 2.84. The predicted octanol–water partition coefficient (Wildman–Crippen LogP) is 1.28. The van der Waals surface area contributed by atoms with Crippen molar-refractivity contribution in [2.45, 2.75) is 6.10 Å². The molecule has 0 aliphatic carbocycles. The van der Waals surface area contributed by atoms with Gasteiger partial charge in [0.2, 0.25) is 5.82 Å². The van der Waals surface area contributed by atoms with E-state index in [0.29, 0.717) is 11.5 Å². The number of hydrogen-bond acceptors (Lipinski definition) is 6. The zero-order valence-electron chi connectivity index (χ0n) is 10.0. The summed E-state index contributed by atoms with van der Waals surface area (Å²) in [5.41, 5.74) is 5.97. The van der Waals surface area contributed by atoms with Crippen LogP contribution in [0.5, 0.6) is 0 Å². The third kappa shape index (κ3) is 2.07. The van der Waals surface area contributed by atoms with Crippen LogP contribution in [-0.4, -0.2) is 26.8 Å². The quantitative estimate of drug-likeness (QED) is 0.732. The highest BCUT2D eigenvalue weighted by molar-refractivity contribution is 5.92. The Bertz CT molecular complexity index is 705. The van der Waals surface area contributed by atoms with Crippen molar-refractivity contribution in [2.75, 3.05) is 6.54 Å². The molecule has 19 heavy (non-hydrogen) atoms. The monoisotopic (exact) mass is 256 g/mol. The molecule has 0 bridgehead atoms. The highest BCUT2D eigenvalue weighted by Crippen LogP contribution is 2.24. The molecule has 0 aliphatic heterocycles. The first-order valence-corrected chi connectivity index (χ1v) is 5.85. The van der Waals surface area contributed by atoms with Gasteiger partial charge in [0.25, 0.3) is 5.89 Å². The normalized spacial score (nSPS) is 12.7. The van der Waals surface area contributed by atoms with E-state index in [1.165, 1.54) is 0 Å². The van der Waals surface area contributed by atoms with Crippen LogP contribution in [0.1, 0.15) is 12.0 Å². The van der Waals surface area contributed by atoms with E-state index in [1.807, 2.05) is 30.3 Å². The van der Waals surface area contributed by atoms with Crippen molar-refractivity contribution in [3.63, 3.8) is 0 Å². The lowest BCUT2D eigenvalue weighted by Gasteiger charge is -2.01. The van der Waals surface area contributed by atoms with Crippen LogP contribution in [0.25, 0.3) is 22.3 Å². The van der Waals surface area contributed by atoms with E-state index in [-0.39, 0.29) is 12.4 Å². The molecule has 0 radical (unpaired) electrons. The van der Waals surface area contributed by atoms with E-state index in [1.54, 1.807) is 6.20 Å². The second-order valence-corrected chi connectivity index (χ2v) is 4.09. The molecular weight excluding hydrogens is 244 g/mol. The van der Waals surface area contributed by atoms with Gasteiger partial charge in [-0.3, -0.25) is 4.98 Å². The van der Waals surface area contributed by atoms with Crippen molar-refractivity contribution in [3.05, 3.63) is 42.4 Å². The zero-order chi connectivity index (χ0) is 13.2. The van der Waals surface area contributed by atoms with Crippen LogP contribution in [-0.2, 0) is 0 Å². The van der Waals surface area contributed by atoms with Crippen molar-refractivity contribution >= 4 is 10.8 Å². The van der Waals surface area contributed by atoms with Crippen LogP contribution in [0.4, 0.5) is 0 Å². The largest absolute Gasteiger partial charge is 0.382 e. The number of benzene rings is 1. The standard InChI is InChI=1S/C13H12N4O2/c14-7-10(18)13-16-12(17-19-13)11-9-4-2-1-3-8(9)5-6-15-11/h1-6,10,18H,7,14H2/t10-/m0/s1. The molecule has 1 aromatic carbocycles. The number of aromatic nitrogens is 3. The van der Waals surface area contributed by atoms with Crippen molar-refractivity contribution in [2.24, 2.45) is 5.73 Å². The minimum absolute atomic E-state index is 0.0323. The van der Waals surface area contributed by atoms with E-state index < -0.39 is 6.10 Å². The number of aliphatic hydroxyl groups excluding tert-OH is 1. The molecule has 0 saturated heterocycles. The molecule has 0 fully saturated rings. The number of aliphatic hydroxyl groups is 1. The first-order valence-electron chi connectivity index (χ1n) is 5.85. The highest BCUT2D eigenvalue weighted by atomic mass is 16.5. The van der Waals surface area contributed by atoms with Crippen LogP contribution >= 0.6 is 0 Å². The lowest BCUT2D eigenvalue weighted by Crippen LogP contribution is -2.11. The average Bonchev–Trinajstić information content (AvgIpc) is 2.95. The van der Waals surface area contributed by atoms with E-state index in [4.69, 9.17) is 10.3 Å². The van der Waals surface area contributed by atoms with Gasteiger partial charge in [0.15, 0.2) is 0 Å². The fourth-order valence-electron chi connectivity index (χ4n) is 1.87. The van der Waals surface area contributed by atoms with E-state index in [2.05, 4.69) is 15.1 Å². The summed E-state index contributed by atoms with van der Waals surface area (Å²) in [5.74, 6) is 0.450. The molecule has 0 aliphatic rings. The van der Waals surface area contributed by atoms with E-state index >= 15 is 0 Å². The number of rotatable bonds is 3. The first kappa shape index (κ1) is 11.8. The lowest BCUT2D eigenvalue weighted by atomic mass is 10.1. The van der Waals surface area contributed by atoms with Crippen molar-refractivity contribution in [1.29, 1.82) is 0 Å². The molecule has 3 aromatic rings. The number of nitrogens with zero attached hydrogens (tertiary/aromatic N) is 3. The molecule has 6 heteroatoms. The smallest absolute Gasteiger partial charge is 0.257 e. The maximum Gasteiger partial charge on any atom is 0.257 e. The van der Waals surface area contributed by atoms with Gasteiger partial charge in [-0.15, -0.1) is 0 Å². The van der Waals surface area contributed by atoms with Gasteiger partial charge in [-0.1, -0.05) is 29.4 Å². The fraction of sp³-hybridized carbons (Fsp3) is 0.154. The SMILES string of the molecule is NC[C@H](O)c1nc(-c2nccc3ccccc23)no1. The Labute approximate surface area is 108 Å². The maximum absolute atomic E-state index is 9.56. The Morgan fingerprint density at radius 2 is 2.11 bits per heavy atom. The molecule has 2 aromatic heterocycles. The molecule has 0 amide bonds. The van der Waals surface area contributed by atoms with Gasteiger partial charge in [-0.05, 0) is 11.5 Å². The second-order valence-electron chi connectivity index (χ2n) is 4.09. The Morgan fingerprint density at radius 3 is 2.95 bits per heavy atom. The summed E-state index contributed by atoms with van der Waals surface area (Å²) < 4.78 is 4.99. The minimum Gasteiger partial charge on any atom is -0.382 e. The molecule has 6 nitrogen and oxygen atoms in total. The van der Waals surface area contributed by atoms with Gasteiger partial charge >= 0.3 is 0 Å². The molecule has 96 valence electrons. The topological polar surface area (TPSA) is 98.1 Å². The number of hydrogen-bond donors (Lipinski definition) is 2. The number of nitrogens with two attached hydrogens (primary N) is 1. The van der Waals surface area contributed by atoms with Gasteiger partial charge in [-0.2, -0.15) is 4.98 Å². The number of pyridine rings is 1. The first-order chi connectivity index (χ1) is 9.29. The molecule has 1 atom stereocenters. The molecule has 0 unspecified atom stereocenters. The lowest BCUT2D eigenvalue weighted by molar-refractivity contribution is 0.141. The summed E-state index contributed by atoms with van der Waals surface area (Å²) in [6, 6.07) is 9.70. The summed E-state index contributed by atoms with van der Waals surface area (Å²) in [7, 11) is 0. The van der Waals surface area contributed by atoms with Gasteiger partial charge < -0.3 is 15.4 Å². The summed E-state index contributed by atoms with van der Waals surface area (Å²) in [4.78, 5) is 8.41. The van der Waals surface area contributed by atoms with Crippen LogP contribution in [0, 0.1) is 0 Å². The molecule has 0 spiro atoms. The van der Waals surface area contributed by atoms with Gasteiger partial charge in [0.1, 0.15) is 11.8 Å². The minimum atomic E-state index is -0.948. The molecule has 3 N–H and O–H groups in total. The van der Waals surface area contributed by atoms with Gasteiger partial charge in [-0.25, -0.2) is 0 Å². The molecule has 0 saturated carbocycles. The highest BCUT2D eigenvalue weighted by Gasteiger charge is 2.17. The molecule has 3 rings (SSSR count).